The van der Waals surface area contributed by atoms with Crippen molar-refractivity contribution >= 4 is 23.2 Å². The maximum absolute atomic E-state index is 12.6. The highest BCUT2D eigenvalue weighted by atomic mass is 35.5. The van der Waals surface area contributed by atoms with Gasteiger partial charge in [-0.15, -0.1) is 0 Å². The van der Waals surface area contributed by atoms with Gasteiger partial charge in [-0.25, -0.2) is 0 Å². The normalized spacial score (nSPS) is 10.6. The molecule has 134 valence electrons. The fraction of sp³-hybridized carbons (Fsp3) is 0.167. The number of anilines is 1. The summed E-state index contributed by atoms with van der Waals surface area (Å²) in [6.45, 7) is 1.78. The second-order valence-electron chi connectivity index (χ2n) is 5.67. The van der Waals surface area contributed by atoms with Crippen LogP contribution in [-0.4, -0.2) is 32.9 Å². The fourth-order valence-corrected chi connectivity index (χ4v) is 2.65. The van der Waals surface area contributed by atoms with E-state index in [-0.39, 0.29) is 11.7 Å². The van der Waals surface area contributed by atoms with Crippen LogP contribution in [0.4, 0.5) is 5.69 Å². The summed E-state index contributed by atoms with van der Waals surface area (Å²) in [7, 11) is 3.15. The standard InChI is InChI=1S/C18H17ClN4O3/c1-10-13(7-12(19)9-20-10)21-18(25)15-8-14(22-23(15)2)11-4-5-17(26-3)16(24)6-11/h4-9,24H,1-3H3,(H,21,25). The number of phenols is 1. The van der Waals surface area contributed by atoms with Gasteiger partial charge in [-0.05, 0) is 37.3 Å². The number of ether oxygens (including phenoxy) is 1. The van der Waals surface area contributed by atoms with Gasteiger partial charge in [0.15, 0.2) is 11.5 Å². The Morgan fingerprint density at radius 3 is 2.77 bits per heavy atom. The average molecular weight is 373 g/mol. The summed E-state index contributed by atoms with van der Waals surface area (Å²) in [6.07, 6.45) is 1.52. The van der Waals surface area contributed by atoms with Gasteiger partial charge in [-0.3, -0.25) is 14.5 Å². The molecule has 1 amide bonds. The zero-order valence-corrected chi connectivity index (χ0v) is 15.2. The predicted molar refractivity (Wildman–Crippen MR) is 98.8 cm³/mol. The van der Waals surface area contributed by atoms with Crippen molar-refractivity contribution < 1.29 is 14.6 Å². The number of hydrogen-bond acceptors (Lipinski definition) is 5. The zero-order valence-electron chi connectivity index (χ0n) is 14.4. The first-order chi connectivity index (χ1) is 12.4. The van der Waals surface area contributed by atoms with E-state index in [1.54, 1.807) is 38.2 Å². The van der Waals surface area contributed by atoms with Crippen LogP contribution in [0.3, 0.4) is 0 Å². The topological polar surface area (TPSA) is 89.3 Å². The molecule has 0 atom stereocenters. The highest BCUT2D eigenvalue weighted by molar-refractivity contribution is 6.30. The second-order valence-corrected chi connectivity index (χ2v) is 6.10. The molecule has 0 spiro atoms. The van der Waals surface area contributed by atoms with Crippen molar-refractivity contribution in [2.45, 2.75) is 6.92 Å². The smallest absolute Gasteiger partial charge is 0.273 e. The van der Waals surface area contributed by atoms with E-state index in [9.17, 15) is 9.90 Å². The van der Waals surface area contributed by atoms with Gasteiger partial charge < -0.3 is 15.2 Å². The lowest BCUT2D eigenvalue weighted by Gasteiger charge is -2.07. The molecule has 26 heavy (non-hydrogen) atoms. The van der Waals surface area contributed by atoms with Gasteiger partial charge in [0.25, 0.3) is 5.91 Å². The van der Waals surface area contributed by atoms with E-state index >= 15 is 0 Å². The lowest BCUT2D eigenvalue weighted by molar-refractivity contribution is 0.101. The molecular weight excluding hydrogens is 356 g/mol. The Kier molecular flexibility index (Phi) is 4.81. The van der Waals surface area contributed by atoms with Crippen molar-refractivity contribution in [3.05, 3.63) is 52.9 Å². The van der Waals surface area contributed by atoms with Crippen molar-refractivity contribution in [2.75, 3.05) is 12.4 Å². The molecular formula is C18H17ClN4O3. The lowest BCUT2D eigenvalue weighted by atomic mass is 10.1. The first kappa shape index (κ1) is 17.8. The van der Waals surface area contributed by atoms with Gasteiger partial charge in [0.2, 0.25) is 0 Å². The van der Waals surface area contributed by atoms with Crippen molar-refractivity contribution in [3.63, 3.8) is 0 Å². The Balaban J connectivity index is 1.89. The van der Waals surface area contributed by atoms with Crippen LogP contribution >= 0.6 is 11.6 Å². The maximum atomic E-state index is 12.6. The number of aromatic hydroxyl groups is 1. The molecule has 0 fully saturated rings. The summed E-state index contributed by atoms with van der Waals surface area (Å²) in [4.78, 5) is 16.7. The molecule has 0 aliphatic heterocycles. The van der Waals surface area contributed by atoms with E-state index in [1.165, 1.54) is 24.1 Å². The zero-order chi connectivity index (χ0) is 18.8. The summed E-state index contributed by atoms with van der Waals surface area (Å²) in [5, 5.41) is 17.5. The number of nitrogens with zero attached hydrogens (tertiary/aromatic N) is 3. The number of rotatable bonds is 4. The number of halogens is 1. The molecule has 2 N–H and O–H groups in total. The number of amides is 1. The third-order valence-corrected chi connectivity index (χ3v) is 4.10. The summed E-state index contributed by atoms with van der Waals surface area (Å²) in [5.74, 6) is 0.0324. The average Bonchev–Trinajstić information content (AvgIpc) is 3.00. The van der Waals surface area contributed by atoms with Crippen LogP contribution in [0.5, 0.6) is 11.5 Å². The molecule has 1 aromatic carbocycles. The number of aryl methyl sites for hydroxylation is 2. The number of phenolic OH excluding ortho intramolecular Hbond substituents is 1. The minimum atomic E-state index is -0.337. The quantitative estimate of drug-likeness (QED) is 0.732. The molecule has 3 rings (SSSR count). The Morgan fingerprint density at radius 2 is 2.08 bits per heavy atom. The van der Waals surface area contributed by atoms with Crippen molar-refractivity contribution in [1.82, 2.24) is 14.8 Å². The molecule has 0 unspecified atom stereocenters. The molecule has 0 radical (unpaired) electrons. The van der Waals surface area contributed by atoms with E-state index in [0.717, 1.165) is 0 Å². The number of carbonyl (C=O) groups is 1. The molecule has 0 aliphatic rings. The number of hydrogen-bond donors (Lipinski definition) is 2. The van der Waals surface area contributed by atoms with Gasteiger partial charge >= 0.3 is 0 Å². The van der Waals surface area contributed by atoms with Gasteiger partial charge in [0.05, 0.1) is 29.2 Å². The van der Waals surface area contributed by atoms with Crippen molar-refractivity contribution in [1.29, 1.82) is 0 Å². The van der Waals surface area contributed by atoms with Crippen LogP contribution in [0.25, 0.3) is 11.3 Å². The summed E-state index contributed by atoms with van der Waals surface area (Å²) >= 11 is 5.94. The predicted octanol–water partition coefficient (Wildman–Crippen LogP) is 3.41. The Hall–Kier alpha value is -3.06. The van der Waals surface area contributed by atoms with Crippen molar-refractivity contribution in [2.24, 2.45) is 7.05 Å². The summed E-state index contributed by atoms with van der Waals surface area (Å²) in [6, 6.07) is 8.21. The molecule has 2 aromatic heterocycles. The van der Waals surface area contributed by atoms with Gasteiger partial charge in [-0.1, -0.05) is 11.6 Å². The number of benzene rings is 1. The van der Waals surface area contributed by atoms with Gasteiger partial charge in [0, 0.05) is 18.8 Å². The summed E-state index contributed by atoms with van der Waals surface area (Å²) in [5.41, 5.74) is 2.77. The molecule has 3 aromatic rings. The SMILES string of the molecule is COc1ccc(-c2cc(C(=O)Nc3cc(Cl)cnc3C)n(C)n2)cc1O. The first-order valence-corrected chi connectivity index (χ1v) is 8.11. The third kappa shape index (κ3) is 3.48. The largest absolute Gasteiger partial charge is 0.504 e. The molecule has 0 aliphatic carbocycles. The Labute approximate surface area is 155 Å². The van der Waals surface area contributed by atoms with Crippen LogP contribution in [0.2, 0.25) is 5.02 Å². The number of aromatic nitrogens is 3. The molecule has 0 saturated heterocycles. The monoisotopic (exact) mass is 372 g/mol. The molecule has 8 heteroatoms. The van der Waals surface area contributed by atoms with Crippen LogP contribution in [-0.2, 0) is 7.05 Å². The van der Waals surface area contributed by atoms with Gasteiger partial charge in [-0.2, -0.15) is 5.10 Å². The first-order valence-electron chi connectivity index (χ1n) is 7.74. The van der Waals surface area contributed by atoms with E-state index in [2.05, 4.69) is 15.4 Å². The molecule has 0 bridgehead atoms. The fourth-order valence-electron chi connectivity index (χ4n) is 2.49. The molecule has 0 saturated carbocycles. The number of pyridine rings is 1. The number of carbonyl (C=O) groups excluding carboxylic acids is 1. The van der Waals surface area contributed by atoms with E-state index < -0.39 is 0 Å². The Morgan fingerprint density at radius 1 is 1.31 bits per heavy atom. The van der Waals surface area contributed by atoms with Crippen LogP contribution < -0.4 is 10.1 Å². The highest BCUT2D eigenvalue weighted by Gasteiger charge is 2.16. The van der Waals surface area contributed by atoms with Crippen LogP contribution in [0.15, 0.2) is 36.5 Å². The van der Waals surface area contributed by atoms with E-state index in [0.29, 0.717) is 39.1 Å². The lowest BCUT2D eigenvalue weighted by Crippen LogP contribution is -2.17. The minimum Gasteiger partial charge on any atom is -0.504 e. The molecule has 7 nitrogen and oxygen atoms in total. The number of methoxy groups -OCH3 is 1. The van der Waals surface area contributed by atoms with Crippen LogP contribution in [0, 0.1) is 6.92 Å². The van der Waals surface area contributed by atoms with E-state index in [1.807, 2.05) is 0 Å². The Bertz CT molecular complexity index is 985. The minimum absolute atomic E-state index is 0.00211. The maximum Gasteiger partial charge on any atom is 0.273 e. The second kappa shape index (κ2) is 7.05. The number of nitrogens with one attached hydrogen (secondary N) is 1. The van der Waals surface area contributed by atoms with Gasteiger partial charge in [0.1, 0.15) is 5.69 Å². The van der Waals surface area contributed by atoms with Crippen LogP contribution in [0.1, 0.15) is 16.2 Å². The van der Waals surface area contributed by atoms with E-state index in [4.69, 9.17) is 16.3 Å². The van der Waals surface area contributed by atoms with Crippen molar-refractivity contribution in [3.8, 4) is 22.8 Å². The molecule has 2 heterocycles. The summed E-state index contributed by atoms with van der Waals surface area (Å²) < 4.78 is 6.51. The highest BCUT2D eigenvalue weighted by Crippen LogP contribution is 2.31. The third-order valence-electron chi connectivity index (χ3n) is 3.89.